The molecule has 22 heavy (non-hydrogen) atoms. The van der Waals surface area contributed by atoms with Crippen LogP contribution in [0.25, 0.3) is 22.4 Å². The molecule has 4 rings (SSSR count). The normalized spacial score (nSPS) is 15.1. The van der Waals surface area contributed by atoms with E-state index in [-0.39, 0.29) is 17.2 Å². The molecule has 0 bridgehead atoms. The van der Waals surface area contributed by atoms with E-state index in [0.29, 0.717) is 16.8 Å². The number of fused-ring (bicyclic) bond motifs is 1. The van der Waals surface area contributed by atoms with Gasteiger partial charge >= 0.3 is 0 Å². The van der Waals surface area contributed by atoms with Crippen molar-refractivity contribution in [1.82, 2.24) is 19.9 Å². The summed E-state index contributed by atoms with van der Waals surface area (Å²) in [7, 11) is 1.80. The van der Waals surface area contributed by atoms with Crippen molar-refractivity contribution in [2.24, 2.45) is 7.05 Å². The monoisotopic (exact) mass is 304 g/mol. The van der Waals surface area contributed by atoms with E-state index in [1.54, 1.807) is 17.9 Å². The van der Waals surface area contributed by atoms with Gasteiger partial charge in [-0.1, -0.05) is 5.16 Å². The van der Waals surface area contributed by atoms with Crippen molar-refractivity contribution < 1.29 is 13.3 Å². The number of aromatic nitrogens is 4. The maximum absolute atomic E-state index is 13.5. The first kappa shape index (κ1) is 13.4. The highest BCUT2D eigenvalue weighted by Gasteiger charge is 2.32. The van der Waals surface area contributed by atoms with Crippen LogP contribution in [-0.2, 0) is 7.05 Å². The van der Waals surface area contributed by atoms with Crippen molar-refractivity contribution in [2.45, 2.75) is 32.1 Å². The highest BCUT2D eigenvalue weighted by Crippen LogP contribution is 2.45. The van der Waals surface area contributed by atoms with E-state index in [1.165, 1.54) is 6.07 Å². The predicted molar refractivity (Wildman–Crippen MR) is 75.7 cm³/mol. The highest BCUT2D eigenvalue weighted by atomic mass is 19.3. The fourth-order valence-corrected chi connectivity index (χ4v) is 2.70. The molecule has 0 saturated heterocycles. The third-order valence-electron chi connectivity index (χ3n) is 4.21. The van der Waals surface area contributed by atoms with E-state index < -0.39 is 6.43 Å². The van der Waals surface area contributed by atoms with E-state index in [9.17, 15) is 8.78 Å². The number of nitrogens with zero attached hydrogens (tertiary/aromatic N) is 4. The molecule has 3 heterocycles. The first-order chi connectivity index (χ1) is 10.6. The summed E-state index contributed by atoms with van der Waals surface area (Å²) < 4.78 is 34.0. The Labute approximate surface area is 124 Å². The van der Waals surface area contributed by atoms with Gasteiger partial charge in [0, 0.05) is 29.8 Å². The molecule has 1 saturated carbocycles. The molecule has 0 atom stereocenters. The molecule has 0 unspecified atom stereocenters. The summed E-state index contributed by atoms with van der Waals surface area (Å²) in [5.74, 6) is 0.228. The van der Waals surface area contributed by atoms with Gasteiger partial charge in [0.15, 0.2) is 0 Å². The van der Waals surface area contributed by atoms with Crippen molar-refractivity contribution in [2.75, 3.05) is 0 Å². The minimum absolute atomic E-state index is 0.0635. The number of rotatable bonds is 3. The van der Waals surface area contributed by atoms with Crippen molar-refractivity contribution in [3.63, 3.8) is 0 Å². The van der Waals surface area contributed by atoms with Crippen molar-refractivity contribution in [3.8, 4) is 11.3 Å². The highest BCUT2D eigenvalue weighted by molar-refractivity contribution is 5.84. The van der Waals surface area contributed by atoms with Crippen LogP contribution < -0.4 is 0 Å². The van der Waals surface area contributed by atoms with Crippen LogP contribution in [0, 0.1) is 6.92 Å². The summed E-state index contributed by atoms with van der Waals surface area (Å²) >= 11 is 0. The Kier molecular flexibility index (Phi) is 2.79. The number of hydrogen-bond acceptors (Lipinski definition) is 4. The zero-order valence-electron chi connectivity index (χ0n) is 12.2. The molecular formula is C15H14F2N4O. The second kappa shape index (κ2) is 4.59. The average molecular weight is 304 g/mol. The first-order valence-corrected chi connectivity index (χ1v) is 7.13. The van der Waals surface area contributed by atoms with Gasteiger partial charge in [0.1, 0.15) is 0 Å². The molecule has 3 aromatic heterocycles. The second-order valence-electron chi connectivity index (χ2n) is 5.69. The maximum atomic E-state index is 13.5. The average Bonchev–Trinajstić information content (AvgIpc) is 3.17. The van der Waals surface area contributed by atoms with Gasteiger partial charge in [-0.05, 0) is 25.8 Å². The minimum atomic E-state index is -2.60. The molecule has 1 aliphatic rings. The summed E-state index contributed by atoms with van der Waals surface area (Å²) in [4.78, 5) is 4.38. The van der Waals surface area contributed by atoms with Crippen LogP contribution >= 0.6 is 0 Å². The molecule has 1 fully saturated rings. The van der Waals surface area contributed by atoms with Gasteiger partial charge in [-0.25, -0.2) is 13.8 Å². The van der Waals surface area contributed by atoms with Crippen LogP contribution in [0.1, 0.15) is 42.1 Å². The SMILES string of the molecule is Cc1c(-c2cc(C(F)F)c3c(C4CC4)noc3n2)cnn1C. The Morgan fingerprint density at radius 2 is 2.14 bits per heavy atom. The van der Waals surface area contributed by atoms with Gasteiger partial charge < -0.3 is 4.52 Å². The Bertz CT molecular complexity index is 864. The summed E-state index contributed by atoms with van der Waals surface area (Å²) in [5.41, 5.74) is 2.74. The Morgan fingerprint density at radius 3 is 2.73 bits per heavy atom. The summed E-state index contributed by atoms with van der Waals surface area (Å²) in [6, 6.07) is 1.43. The van der Waals surface area contributed by atoms with Crippen LogP contribution in [0.4, 0.5) is 8.78 Å². The lowest BCUT2D eigenvalue weighted by atomic mass is 10.0. The molecule has 0 radical (unpaired) electrons. The lowest BCUT2D eigenvalue weighted by Crippen LogP contribution is -1.96. The molecule has 0 amide bonds. The lowest BCUT2D eigenvalue weighted by Gasteiger charge is -2.06. The Morgan fingerprint density at radius 1 is 1.36 bits per heavy atom. The second-order valence-corrected chi connectivity index (χ2v) is 5.69. The minimum Gasteiger partial charge on any atom is -0.335 e. The van der Waals surface area contributed by atoms with Gasteiger partial charge in [-0.15, -0.1) is 0 Å². The fourth-order valence-electron chi connectivity index (χ4n) is 2.70. The number of hydrogen-bond donors (Lipinski definition) is 0. The molecule has 5 nitrogen and oxygen atoms in total. The molecule has 1 aliphatic carbocycles. The zero-order chi connectivity index (χ0) is 15.4. The predicted octanol–water partition coefficient (Wildman–Crippen LogP) is 3.75. The van der Waals surface area contributed by atoms with E-state index >= 15 is 0 Å². The topological polar surface area (TPSA) is 56.7 Å². The quantitative estimate of drug-likeness (QED) is 0.739. The van der Waals surface area contributed by atoms with Gasteiger partial charge in [0.2, 0.25) is 0 Å². The first-order valence-electron chi connectivity index (χ1n) is 7.13. The maximum Gasteiger partial charge on any atom is 0.264 e. The lowest BCUT2D eigenvalue weighted by molar-refractivity contribution is 0.153. The molecule has 0 spiro atoms. The number of pyridine rings is 1. The van der Waals surface area contributed by atoms with E-state index in [0.717, 1.165) is 24.1 Å². The Balaban J connectivity index is 1.97. The molecular weight excluding hydrogens is 290 g/mol. The van der Waals surface area contributed by atoms with Gasteiger partial charge in [-0.2, -0.15) is 5.10 Å². The molecule has 7 heteroatoms. The largest absolute Gasteiger partial charge is 0.335 e. The van der Waals surface area contributed by atoms with Crippen LogP contribution in [0.2, 0.25) is 0 Å². The molecule has 0 aliphatic heterocycles. The summed E-state index contributed by atoms with van der Waals surface area (Å²) in [6.07, 6.45) is 0.955. The van der Waals surface area contributed by atoms with Gasteiger partial charge in [-0.3, -0.25) is 4.68 Å². The Hall–Kier alpha value is -2.31. The van der Waals surface area contributed by atoms with Crippen LogP contribution in [0.15, 0.2) is 16.8 Å². The number of aryl methyl sites for hydroxylation is 1. The van der Waals surface area contributed by atoms with Crippen LogP contribution in [0.3, 0.4) is 0 Å². The van der Waals surface area contributed by atoms with Crippen LogP contribution in [-0.4, -0.2) is 19.9 Å². The summed E-state index contributed by atoms with van der Waals surface area (Å²) in [6.45, 7) is 1.87. The molecule has 0 aromatic carbocycles. The van der Waals surface area contributed by atoms with Gasteiger partial charge in [0.25, 0.3) is 12.1 Å². The smallest absolute Gasteiger partial charge is 0.264 e. The summed E-state index contributed by atoms with van der Waals surface area (Å²) in [5, 5.41) is 8.48. The molecule has 3 aromatic rings. The zero-order valence-corrected chi connectivity index (χ0v) is 12.2. The third-order valence-corrected chi connectivity index (χ3v) is 4.21. The standard InChI is InChI=1S/C15H14F2N4O/c1-7-10(6-18-21(7)2)11-5-9(14(16)17)12-13(8-3-4-8)20-22-15(12)19-11/h5-6,8,14H,3-4H2,1-2H3. The van der Waals surface area contributed by atoms with E-state index in [2.05, 4.69) is 15.2 Å². The van der Waals surface area contributed by atoms with Crippen molar-refractivity contribution in [3.05, 3.63) is 29.2 Å². The van der Waals surface area contributed by atoms with Crippen molar-refractivity contribution in [1.29, 1.82) is 0 Å². The van der Waals surface area contributed by atoms with Crippen LogP contribution in [0.5, 0.6) is 0 Å². The number of alkyl halides is 2. The van der Waals surface area contributed by atoms with E-state index in [4.69, 9.17) is 4.52 Å². The van der Waals surface area contributed by atoms with Gasteiger partial charge in [0.05, 0.1) is 23.0 Å². The number of halogens is 2. The fraction of sp³-hybridized carbons (Fsp3) is 0.400. The van der Waals surface area contributed by atoms with Crippen molar-refractivity contribution >= 4 is 11.1 Å². The molecule has 0 N–H and O–H groups in total. The van der Waals surface area contributed by atoms with E-state index in [1.807, 2.05) is 6.92 Å². The third kappa shape index (κ3) is 1.92. The molecule has 114 valence electrons.